The number of rotatable bonds is 6. The van der Waals surface area contributed by atoms with E-state index in [1.54, 1.807) is 0 Å². The fourth-order valence-electron chi connectivity index (χ4n) is 4.29. The van der Waals surface area contributed by atoms with Gasteiger partial charge >= 0.3 is 0 Å². The van der Waals surface area contributed by atoms with Crippen LogP contribution in [0.4, 0.5) is 0 Å². The molecule has 3 rings (SSSR count). The zero-order chi connectivity index (χ0) is 19.4. The maximum absolute atomic E-state index is 12.5. The van der Waals surface area contributed by atoms with Crippen LogP contribution in [0.15, 0.2) is 41.5 Å². The van der Waals surface area contributed by atoms with Crippen LogP contribution in [0.25, 0.3) is 0 Å². The van der Waals surface area contributed by atoms with Crippen molar-refractivity contribution in [3.8, 4) is 0 Å². The van der Waals surface area contributed by atoms with Crippen molar-refractivity contribution in [3.63, 3.8) is 0 Å². The molecule has 2 heterocycles. The van der Waals surface area contributed by atoms with Crippen molar-refractivity contribution in [3.05, 3.63) is 47.0 Å². The highest BCUT2D eigenvalue weighted by atomic mass is 16.3. The summed E-state index contributed by atoms with van der Waals surface area (Å²) in [7, 11) is 0. The topological polar surface area (TPSA) is 90.5 Å². The summed E-state index contributed by atoms with van der Waals surface area (Å²) >= 11 is 0. The summed E-state index contributed by atoms with van der Waals surface area (Å²) in [6.07, 6.45) is 0.980. The lowest BCUT2D eigenvalue weighted by Crippen LogP contribution is -2.57. The van der Waals surface area contributed by atoms with E-state index in [1.165, 1.54) is 0 Å². The number of piperidine rings is 1. The highest BCUT2D eigenvalue weighted by Gasteiger charge is 2.39. The number of carbonyl (C=O) groups is 2. The van der Waals surface area contributed by atoms with Gasteiger partial charge in [-0.25, -0.2) is 0 Å². The molecule has 0 radical (unpaired) electrons. The van der Waals surface area contributed by atoms with Gasteiger partial charge in [-0.15, -0.1) is 0 Å². The zero-order valence-corrected chi connectivity index (χ0v) is 16.0. The minimum atomic E-state index is -0.191. The van der Waals surface area contributed by atoms with E-state index in [4.69, 9.17) is 0 Å². The highest BCUT2D eigenvalue weighted by Crippen LogP contribution is 2.32. The number of hydrogen-bond acceptors (Lipinski definition) is 4. The number of aliphatic hydroxyl groups excluding tert-OH is 1. The number of carbonyl (C=O) groups excluding carboxylic acids is 2. The minimum Gasteiger partial charge on any atom is -0.396 e. The maximum Gasteiger partial charge on any atom is 0.247 e. The van der Waals surface area contributed by atoms with Gasteiger partial charge in [0.1, 0.15) is 0 Å². The first kappa shape index (κ1) is 19.6. The number of benzene rings is 1. The van der Waals surface area contributed by atoms with Crippen molar-refractivity contribution in [1.82, 2.24) is 16.0 Å². The van der Waals surface area contributed by atoms with Gasteiger partial charge in [0.05, 0.1) is 13.0 Å². The van der Waals surface area contributed by atoms with Crippen LogP contribution in [0.2, 0.25) is 0 Å². The molecule has 3 unspecified atom stereocenters. The molecule has 146 valence electrons. The minimum absolute atomic E-state index is 0.0422. The van der Waals surface area contributed by atoms with Gasteiger partial charge in [-0.05, 0) is 32.4 Å². The second-order valence-corrected chi connectivity index (χ2v) is 7.57. The Labute approximate surface area is 160 Å². The summed E-state index contributed by atoms with van der Waals surface area (Å²) in [5.41, 5.74) is 2.57. The third-order valence-electron chi connectivity index (χ3n) is 5.83. The largest absolute Gasteiger partial charge is 0.396 e. The fourth-order valence-corrected chi connectivity index (χ4v) is 4.29. The summed E-state index contributed by atoms with van der Waals surface area (Å²) in [5, 5.41) is 19.0. The number of aliphatic hydroxyl groups is 1. The van der Waals surface area contributed by atoms with Crippen LogP contribution in [0, 0.1) is 5.92 Å². The van der Waals surface area contributed by atoms with Crippen LogP contribution in [0.5, 0.6) is 0 Å². The van der Waals surface area contributed by atoms with Crippen LogP contribution in [0.3, 0.4) is 0 Å². The molecule has 2 aliphatic rings. The lowest BCUT2D eigenvalue weighted by molar-refractivity contribution is -0.124. The number of nitrogens with one attached hydrogen (secondary N) is 3. The Morgan fingerprint density at radius 2 is 2.07 bits per heavy atom. The molecule has 1 aromatic rings. The molecule has 2 aliphatic heterocycles. The van der Waals surface area contributed by atoms with Crippen molar-refractivity contribution in [2.45, 2.75) is 44.7 Å². The van der Waals surface area contributed by atoms with Crippen molar-refractivity contribution >= 4 is 11.8 Å². The van der Waals surface area contributed by atoms with Crippen molar-refractivity contribution in [2.75, 3.05) is 19.7 Å². The van der Waals surface area contributed by atoms with Crippen LogP contribution in [0.1, 0.15) is 38.2 Å². The number of amides is 2. The second-order valence-electron chi connectivity index (χ2n) is 7.57. The van der Waals surface area contributed by atoms with E-state index in [2.05, 4.69) is 22.9 Å². The van der Waals surface area contributed by atoms with Crippen LogP contribution < -0.4 is 16.0 Å². The molecule has 0 bridgehead atoms. The third kappa shape index (κ3) is 4.39. The SMILES string of the molecule is CC1=C(CC(=O)NC[C@H](CO)c2ccccc2)C(=O)NC2CCNC(C)C12. The number of fused-ring (bicyclic) bond motifs is 1. The Morgan fingerprint density at radius 1 is 1.33 bits per heavy atom. The summed E-state index contributed by atoms with van der Waals surface area (Å²) in [6, 6.07) is 10.0. The second kappa shape index (κ2) is 8.67. The molecular weight excluding hydrogens is 342 g/mol. The Morgan fingerprint density at radius 3 is 2.78 bits per heavy atom. The van der Waals surface area contributed by atoms with Gasteiger partial charge in [-0.3, -0.25) is 9.59 Å². The lowest BCUT2D eigenvalue weighted by atomic mass is 9.76. The molecule has 1 saturated heterocycles. The van der Waals surface area contributed by atoms with Gasteiger partial charge in [0, 0.05) is 36.0 Å². The third-order valence-corrected chi connectivity index (χ3v) is 5.83. The summed E-state index contributed by atoms with van der Waals surface area (Å²) in [4.78, 5) is 25.0. The summed E-state index contributed by atoms with van der Waals surface area (Å²) < 4.78 is 0. The van der Waals surface area contributed by atoms with E-state index in [0.717, 1.165) is 24.1 Å². The van der Waals surface area contributed by atoms with E-state index in [1.807, 2.05) is 37.3 Å². The van der Waals surface area contributed by atoms with Gasteiger partial charge in [-0.2, -0.15) is 0 Å². The van der Waals surface area contributed by atoms with E-state index in [-0.39, 0.29) is 48.8 Å². The summed E-state index contributed by atoms with van der Waals surface area (Å²) in [6.45, 7) is 5.30. The molecular formula is C21H29N3O3. The van der Waals surface area contributed by atoms with Gasteiger partial charge in [-0.1, -0.05) is 35.9 Å². The molecule has 4 atom stereocenters. The van der Waals surface area contributed by atoms with Crippen LogP contribution in [-0.4, -0.2) is 48.7 Å². The molecule has 0 aromatic heterocycles. The van der Waals surface area contributed by atoms with E-state index >= 15 is 0 Å². The monoisotopic (exact) mass is 371 g/mol. The van der Waals surface area contributed by atoms with Crippen molar-refractivity contribution in [1.29, 1.82) is 0 Å². The molecule has 2 amide bonds. The Hall–Kier alpha value is -2.18. The molecule has 1 fully saturated rings. The van der Waals surface area contributed by atoms with Crippen molar-refractivity contribution in [2.24, 2.45) is 5.92 Å². The molecule has 6 heteroatoms. The van der Waals surface area contributed by atoms with Gasteiger partial charge in [0.15, 0.2) is 0 Å². The predicted molar refractivity (Wildman–Crippen MR) is 104 cm³/mol. The quantitative estimate of drug-likeness (QED) is 0.602. The Bertz CT molecular complexity index is 717. The standard InChI is InChI=1S/C21H29N3O3/c1-13-17(21(27)24-18-8-9-22-14(2)20(13)18)10-19(26)23-11-16(12-25)15-6-4-3-5-7-15/h3-7,14,16,18,20,22,25H,8-12H2,1-2H3,(H,23,26)(H,24,27)/t14?,16-,18?,20?/m1/s1. The molecule has 27 heavy (non-hydrogen) atoms. The van der Waals surface area contributed by atoms with E-state index in [0.29, 0.717) is 12.1 Å². The van der Waals surface area contributed by atoms with Gasteiger partial charge in [0.25, 0.3) is 0 Å². The predicted octanol–water partition coefficient (Wildman–Crippen LogP) is 1.08. The molecule has 4 N–H and O–H groups in total. The van der Waals surface area contributed by atoms with Gasteiger partial charge < -0.3 is 21.1 Å². The molecule has 1 aromatic carbocycles. The molecule has 0 saturated carbocycles. The number of hydrogen-bond donors (Lipinski definition) is 4. The van der Waals surface area contributed by atoms with Gasteiger partial charge in [0.2, 0.25) is 11.8 Å². The summed E-state index contributed by atoms with van der Waals surface area (Å²) in [5.74, 6) is -0.241. The lowest BCUT2D eigenvalue weighted by Gasteiger charge is -2.42. The Kier molecular flexibility index (Phi) is 6.29. The van der Waals surface area contributed by atoms with E-state index < -0.39 is 0 Å². The fraction of sp³-hybridized carbons (Fsp3) is 0.524. The first-order chi connectivity index (χ1) is 13.0. The molecule has 0 aliphatic carbocycles. The van der Waals surface area contributed by atoms with E-state index in [9.17, 15) is 14.7 Å². The molecule has 6 nitrogen and oxygen atoms in total. The Balaban J connectivity index is 1.64. The van der Waals surface area contributed by atoms with Crippen LogP contribution >= 0.6 is 0 Å². The first-order valence-electron chi connectivity index (χ1n) is 9.67. The highest BCUT2D eigenvalue weighted by molar-refractivity contribution is 6.00. The maximum atomic E-state index is 12.5. The average Bonchev–Trinajstić information content (AvgIpc) is 2.66. The zero-order valence-electron chi connectivity index (χ0n) is 16.0. The van der Waals surface area contributed by atoms with Crippen LogP contribution in [-0.2, 0) is 9.59 Å². The first-order valence-corrected chi connectivity index (χ1v) is 9.67. The normalized spacial score (nSPS) is 26.2. The smallest absolute Gasteiger partial charge is 0.247 e. The van der Waals surface area contributed by atoms with Crippen molar-refractivity contribution < 1.29 is 14.7 Å². The molecule has 0 spiro atoms. The average molecular weight is 371 g/mol.